The lowest BCUT2D eigenvalue weighted by Gasteiger charge is -2.22. The summed E-state index contributed by atoms with van der Waals surface area (Å²) in [7, 11) is 3.14. The second-order valence-electron chi connectivity index (χ2n) is 8.36. The number of carboxylic acid groups (broad SMARTS) is 1. The van der Waals surface area contributed by atoms with Crippen molar-refractivity contribution in [2.75, 3.05) is 20.8 Å². The van der Waals surface area contributed by atoms with Crippen LogP contribution in [0.4, 0.5) is 0 Å². The molecule has 0 radical (unpaired) electrons. The summed E-state index contributed by atoms with van der Waals surface area (Å²) in [4.78, 5) is 24.2. The molecule has 0 aliphatic rings. The van der Waals surface area contributed by atoms with Gasteiger partial charge in [-0.3, -0.25) is 4.79 Å². The Bertz CT molecular complexity index is 1150. The van der Waals surface area contributed by atoms with E-state index in [9.17, 15) is 14.7 Å². The van der Waals surface area contributed by atoms with Gasteiger partial charge in [0.2, 0.25) is 0 Å². The number of benzene rings is 3. The third kappa shape index (κ3) is 5.55. The fraction of sp³-hybridized carbons (Fsp3) is 0.308. The summed E-state index contributed by atoms with van der Waals surface area (Å²) in [5.74, 6) is 0.449. The second-order valence-corrected chi connectivity index (χ2v) is 8.36. The molecule has 2 N–H and O–H groups in total. The molecule has 0 heterocycles. The smallest absolute Gasteiger partial charge is 0.347 e. The van der Waals surface area contributed by atoms with Crippen LogP contribution in [0.25, 0.3) is 10.8 Å². The van der Waals surface area contributed by atoms with Crippen LogP contribution < -0.4 is 19.5 Å². The predicted molar refractivity (Wildman–Crippen MR) is 127 cm³/mol. The molecule has 0 saturated carbocycles. The number of amides is 1. The number of nitrogens with one attached hydrogen (secondary N) is 1. The maximum Gasteiger partial charge on any atom is 0.347 e. The van der Waals surface area contributed by atoms with Gasteiger partial charge in [0.05, 0.1) is 19.8 Å². The molecule has 7 heteroatoms. The van der Waals surface area contributed by atoms with Crippen molar-refractivity contribution in [3.05, 3.63) is 65.7 Å². The van der Waals surface area contributed by atoms with Gasteiger partial charge >= 0.3 is 5.97 Å². The SMILES string of the molecule is COc1ccc2cc(OC)c(C(=O)NCC(C)c3ccc(OC(C)(C)C(=O)O)cc3)cc2c1. The Morgan fingerprint density at radius 2 is 1.61 bits per heavy atom. The predicted octanol–water partition coefficient (Wildman–Crippen LogP) is 4.63. The zero-order chi connectivity index (χ0) is 24.2. The molecule has 7 nitrogen and oxygen atoms in total. The lowest BCUT2D eigenvalue weighted by atomic mass is 10.0. The Kier molecular flexibility index (Phi) is 7.11. The van der Waals surface area contributed by atoms with Gasteiger partial charge in [-0.05, 0) is 72.5 Å². The van der Waals surface area contributed by atoms with Gasteiger partial charge in [0.25, 0.3) is 5.91 Å². The van der Waals surface area contributed by atoms with E-state index >= 15 is 0 Å². The highest BCUT2D eigenvalue weighted by Crippen LogP contribution is 2.29. The minimum atomic E-state index is -1.32. The molecule has 0 aliphatic carbocycles. The first-order valence-corrected chi connectivity index (χ1v) is 10.6. The van der Waals surface area contributed by atoms with Crippen molar-refractivity contribution < 1.29 is 28.9 Å². The van der Waals surface area contributed by atoms with Crippen molar-refractivity contribution in [2.24, 2.45) is 0 Å². The van der Waals surface area contributed by atoms with Gasteiger partial charge in [-0.15, -0.1) is 0 Å². The summed E-state index contributed by atoms with van der Waals surface area (Å²) < 4.78 is 16.3. The maximum absolute atomic E-state index is 12.9. The minimum Gasteiger partial charge on any atom is -0.497 e. The van der Waals surface area contributed by atoms with Gasteiger partial charge < -0.3 is 24.6 Å². The highest BCUT2D eigenvalue weighted by Gasteiger charge is 2.29. The van der Waals surface area contributed by atoms with Gasteiger partial charge in [0.15, 0.2) is 5.60 Å². The Hall–Kier alpha value is -3.74. The van der Waals surface area contributed by atoms with Gasteiger partial charge in [-0.2, -0.15) is 0 Å². The topological polar surface area (TPSA) is 94.1 Å². The molecule has 1 unspecified atom stereocenters. The number of carboxylic acids is 1. The van der Waals surface area contributed by atoms with E-state index in [1.54, 1.807) is 32.4 Å². The minimum absolute atomic E-state index is 0.0297. The van der Waals surface area contributed by atoms with E-state index in [0.717, 1.165) is 16.3 Å². The van der Waals surface area contributed by atoms with Crippen molar-refractivity contribution in [2.45, 2.75) is 32.3 Å². The molecule has 33 heavy (non-hydrogen) atoms. The number of ether oxygens (including phenoxy) is 3. The number of carbonyl (C=O) groups is 2. The van der Waals surface area contributed by atoms with E-state index in [0.29, 0.717) is 29.4 Å². The molecule has 1 amide bonds. The zero-order valence-corrected chi connectivity index (χ0v) is 19.5. The highest BCUT2D eigenvalue weighted by atomic mass is 16.5. The lowest BCUT2D eigenvalue weighted by Crippen LogP contribution is -2.37. The molecule has 0 saturated heterocycles. The first-order valence-electron chi connectivity index (χ1n) is 10.6. The van der Waals surface area contributed by atoms with E-state index in [2.05, 4.69) is 5.32 Å². The summed E-state index contributed by atoms with van der Waals surface area (Å²) in [6.45, 7) is 5.41. The van der Waals surface area contributed by atoms with Crippen LogP contribution in [-0.4, -0.2) is 43.3 Å². The normalized spacial score (nSPS) is 12.2. The fourth-order valence-corrected chi connectivity index (χ4v) is 3.39. The van der Waals surface area contributed by atoms with E-state index in [1.165, 1.54) is 13.8 Å². The Labute approximate surface area is 193 Å². The summed E-state index contributed by atoms with van der Waals surface area (Å²) in [5, 5.41) is 14.0. The molecule has 0 bridgehead atoms. The summed E-state index contributed by atoms with van der Waals surface area (Å²) >= 11 is 0. The largest absolute Gasteiger partial charge is 0.497 e. The zero-order valence-electron chi connectivity index (χ0n) is 19.5. The average Bonchev–Trinajstić information content (AvgIpc) is 2.81. The van der Waals surface area contributed by atoms with Crippen molar-refractivity contribution in [1.29, 1.82) is 0 Å². The van der Waals surface area contributed by atoms with Crippen LogP contribution in [-0.2, 0) is 4.79 Å². The summed E-state index contributed by atoms with van der Waals surface area (Å²) in [6.07, 6.45) is 0. The molecule has 1 atom stereocenters. The lowest BCUT2D eigenvalue weighted by molar-refractivity contribution is -0.152. The monoisotopic (exact) mass is 451 g/mol. The number of hydrogen-bond donors (Lipinski definition) is 2. The average molecular weight is 452 g/mol. The molecule has 3 aromatic carbocycles. The van der Waals surface area contributed by atoms with E-state index < -0.39 is 11.6 Å². The third-order valence-corrected chi connectivity index (χ3v) is 5.52. The van der Waals surface area contributed by atoms with Gasteiger partial charge in [0.1, 0.15) is 17.2 Å². The number of fused-ring (bicyclic) bond motifs is 1. The van der Waals surface area contributed by atoms with Gasteiger partial charge in [-0.1, -0.05) is 25.1 Å². The number of hydrogen-bond acceptors (Lipinski definition) is 5. The maximum atomic E-state index is 12.9. The third-order valence-electron chi connectivity index (χ3n) is 5.52. The van der Waals surface area contributed by atoms with Crippen LogP contribution >= 0.6 is 0 Å². The molecule has 3 rings (SSSR count). The van der Waals surface area contributed by atoms with Crippen LogP contribution in [0.5, 0.6) is 17.2 Å². The second kappa shape index (κ2) is 9.81. The van der Waals surface area contributed by atoms with E-state index in [-0.39, 0.29) is 11.8 Å². The van der Waals surface area contributed by atoms with Crippen LogP contribution in [0.2, 0.25) is 0 Å². The van der Waals surface area contributed by atoms with Crippen LogP contribution in [0.1, 0.15) is 42.6 Å². The van der Waals surface area contributed by atoms with Crippen LogP contribution in [0.15, 0.2) is 54.6 Å². The van der Waals surface area contributed by atoms with Crippen molar-refractivity contribution in [3.63, 3.8) is 0 Å². The molecule has 0 spiro atoms. The highest BCUT2D eigenvalue weighted by molar-refractivity contribution is 6.01. The Morgan fingerprint density at radius 3 is 2.21 bits per heavy atom. The molecule has 0 aliphatic heterocycles. The number of rotatable bonds is 9. The molecule has 0 fully saturated rings. The van der Waals surface area contributed by atoms with E-state index in [1.807, 2.05) is 43.3 Å². The molecule has 0 aromatic heterocycles. The molecule has 3 aromatic rings. The quantitative estimate of drug-likeness (QED) is 0.493. The van der Waals surface area contributed by atoms with Crippen molar-refractivity contribution >= 4 is 22.6 Å². The van der Waals surface area contributed by atoms with E-state index in [4.69, 9.17) is 14.2 Å². The first kappa shape index (κ1) is 23.9. The summed E-state index contributed by atoms with van der Waals surface area (Å²) in [6, 6.07) is 16.5. The molecular weight excluding hydrogens is 422 g/mol. The summed E-state index contributed by atoms with van der Waals surface area (Å²) in [5.41, 5.74) is 0.125. The first-order chi connectivity index (χ1) is 15.6. The Balaban J connectivity index is 1.70. The van der Waals surface area contributed by atoms with Crippen molar-refractivity contribution in [1.82, 2.24) is 5.32 Å². The number of carbonyl (C=O) groups excluding carboxylic acids is 1. The number of methoxy groups -OCH3 is 2. The Morgan fingerprint density at radius 1 is 0.939 bits per heavy atom. The molecular formula is C26H29NO6. The van der Waals surface area contributed by atoms with Crippen LogP contribution in [0.3, 0.4) is 0 Å². The van der Waals surface area contributed by atoms with Crippen molar-refractivity contribution in [3.8, 4) is 17.2 Å². The van der Waals surface area contributed by atoms with Gasteiger partial charge in [0, 0.05) is 6.54 Å². The van der Waals surface area contributed by atoms with Gasteiger partial charge in [-0.25, -0.2) is 4.79 Å². The molecule has 174 valence electrons. The standard InChI is InChI=1S/C26H29NO6/c1-16(17-6-9-20(10-7-17)33-26(2,3)25(29)30)15-27-24(28)22-13-19-12-21(31-4)11-8-18(19)14-23(22)32-5/h6-14,16H,15H2,1-5H3,(H,27,28)(H,29,30). The fourth-order valence-electron chi connectivity index (χ4n) is 3.39. The number of aliphatic carboxylic acids is 1. The van der Waals surface area contributed by atoms with Crippen LogP contribution in [0, 0.1) is 0 Å².